The Morgan fingerprint density at radius 3 is 0.893 bits per heavy atom. The normalized spacial score (nSPS) is 13.1. The molecule has 0 amide bonds. The summed E-state index contributed by atoms with van der Waals surface area (Å²) in [5, 5.41) is 0.724. The van der Waals surface area contributed by atoms with Crippen LogP contribution in [0.3, 0.4) is 0 Å². The summed E-state index contributed by atoms with van der Waals surface area (Å²) in [6.45, 7) is 0. The van der Waals surface area contributed by atoms with Crippen LogP contribution in [0.25, 0.3) is 12.2 Å². The second-order valence-electron chi connectivity index (χ2n) is 4.90. The monoisotopic (exact) mass is 434 g/mol. The molecule has 0 atom stereocenters. The van der Waals surface area contributed by atoms with Crippen LogP contribution in [-0.2, 0) is 10.8 Å². The molecule has 0 radical (unpaired) electrons. The highest BCUT2D eigenvalue weighted by Gasteiger charge is 2.25. The third-order valence-corrected chi connectivity index (χ3v) is 4.03. The van der Waals surface area contributed by atoms with Crippen LogP contribution in [0.1, 0.15) is 11.1 Å². The summed E-state index contributed by atoms with van der Waals surface area (Å²) in [5.74, 6) is -22.8. The predicted molar refractivity (Wildman–Crippen MR) is 78.7 cm³/mol. The average Bonchev–Trinajstić information content (AvgIpc) is 2.67. The first-order valence-electron chi connectivity index (χ1n) is 6.77. The van der Waals surface area contributed by atoms with Gasteiger partial charge in [0.1, 0.15) is 0 Å². The Labute approximate surface area is 152 Å². The van der Waals surface area contributed by atoms with E-state index in [0.717, 1.165) is 0 Å². The zero-order chi connectivity index (χ0) is 21.3. The molecule has 0 unspecified atom stereocenters. The maximum absolute atomic E-state index is 13.4. The van der Waals surface area contributed by atoms with Crippen molar-refractivity contribution in [3.63, 3.8) is 0 Å². The van der Waals surface area contributed by atoms with E-state index in [4.69, 9.17) is 0 Å². The standard InChI is InChI=1S/C16H4F10OS/c17-7-5(8(18)12(22)15(25)11(7)21)1-3-28(27)4-2-6-9(19)13(23)16(26)14(24)10(6)20/h1-4H. The van der Waals surface area contributed by atoms with E-state index in [2.05, 4.69) is 0 Å². The smallest absolute Gasteiger partial charge is 0.200 e. The van der Waals surface area contributed by atoms with Crippen molar-refractivity contribution in [3.05, 3.63) is 80.1 Å². The first kappa shape index (κ1) is 21.7. The maximum atomic E-state index is 13.4. The van der Waals surface area contributed by atoms with Gasteiger partial charge in [-0.1, -0.05) is 0 Å². The van der Waals surface area contributed by atoms with Crippen LogP contribution in [0, 0.1) is 58.2 Å². The fraction of sp³-hybridized carbons (Fsp3) is 0. The summed E-state index contributed by atoms with van der Waals surface area (Å²) < 4.78 is 143. The lowest BCUT2D eigenvalue weighted by atomic mass is 10.1. The molecular weight excluding hydrogens is 430 g/mol. The largest absolute Gasteiger partial charge is 0.250 e. The highest BCUT2D eigenvalue weighted by atomic mass is 32.2. The third kappa shape index (κ3) is 3.81. The minimum Gasteiger partial charge on any atom is -0.250 e. The molecule has 0 N–H and O–H groups in total. The van der Waals surface area contributed by atoms with Crippen molar-refractivity contribution in [2.45, 2.75) is 0 Å². The summed E-state index contributed by atoms with van der Waals surface area (Å²) >= 11 is 0. The van der Waals surface area contributed by atoms with Gasteiger partial charge >= 0.3 is 0 Å². The van der Waals surface area contributed by atoms with Crippen molar-refractivity contribution < 1.29 is 48.1 Å². The predicted octanol–water partition coefficient (Wildman–Crippen LogP) is 5.47. The van der Waals surface area contributed by atoms with Gasteiger partial charge < -0.3 is 0 Å². The summed E-state index contributed by atoms with van der Waals surface area (Å²) in [6, 6.07) is 0. The molecule has 0 heterocycles. The molecule has 0 aliphatic carbocycles. The fourth-order valence-corrected chi connectivity index (χ4v) is 2.48. The van der Waals surface area contributed by atoms with Crippen LogP contribution < -0.4 is 0 Å². The Morgan fingerprint density at radius 2 is 0.643 bits per heavy atom. The second kappa shape index (κ2) is 8.17. The van der Waals surface area contributed by atoms with E-state index in [0.29, 0.717) is 10.8 Å². The van der Waals surface area contributed by atoms with Gasteiger partial charge in [-0.05, 0) is 12.2 Å². The molecule has 2 aromatic carbocycles. The van der Waals surface area contributed by atoms with Gasteiger partial charge in [-0.15, -0.1) is 0 Å². The van der Waals surface area contributed by atoms with Crippen LogP contribution in [0.4, 0.5) is 43.9 Å². The van der Waals surface area contributed by atoms with Crippen molar-refractivity contribution in [1.82, 2.24) is 0 Å². The lowest BCUT2D eigenvalue weighted by Crippen LogP contribution is -2.04. The molecule has 0 saturated carbocycles. The van der Waals surface area contributed by atoms with E-state index >= 15 is 0 Å². The molecule has 0 bridgehead atoms. The molecule has 0 fully saturated rings. The molecule has 1 nitrogen and oxygen atoms in total. The minimum absolute atomic E-state index is 0.231. The van der Waals surface area contributed by atoms with E-state index in [1.54, 1.807) is 0 Å². The van der Waals surface area contributed by atoms with Crippen molar-refractivity contribution in [2.24, 2.45) is 0 Å². The first-order valence-corrected chi connectivity index (χ1v) is 8.05. The van der Waals surface area contributed by atoms with Crippen molar-refractivity contribution in [2.75, 3.05) is 0 Å². The summed E-state index contributed by atoms with van der Waals surface area (Å²) in [4.78, 5) is 0. The van der Waals surface area contributed by atoms with Gasteiger partial charge in [0.2, 0.25) is 11.6 Å². The zero-order valence-electron chi connectivity index (χ0n) is 12.9. The van der Waals surface area contributed by atoms with Crippen LogP contribution in [-0.4, -0.2) is 4.21 Å². The molecule has 0 saturated heterocycles. The van der Waals surface area contributed by atoms with E-state index in [-0.39, 0.29) is 12.2 Å². The van der Waals surface area contributed by atoms with Gasteiger partial charge in [0.05, 0.1) is 21.9 Å². The lowest BCUT2D eigenvalue weighted by Gasteiger charge is -2.04. The topological polar surface area (TPSA) is 17.1 Å². The molecule has 0 spiro atoms. The first-order chi connectivity index (χ1) is 13.0. The zero-order valence-corrected chi connectivity index (χ0v) is 13.7. The lowest BCUT2D eigenvalue weighted by molar-refractivity contribution is 0.377. The third-order valence-electron chi connectivity index (χ3n) is 3.23. The molecular formula is C16H4F10OS. The van der Waals surface area contributed by atoms with Gasteiger partial charge in [-0.25, -0.2) is 43.9 Å². The summed E-state index contributed by atoms with van der Waals surface area (Å²) in [5.41, 5.74) is -2.90. The molecule has 0 aliphatic rings. The average molecular weight is 434 g/mol. The number of benzene rings is 2. The SMILES string of the molecule is O=S(C=Cc1c(F)c(F)c(F)c(F)c1F)C=Cc1c(F)c(F)c(F)c(F)c1F. The summed E-state index contributed by atoms with van der Waals surface area (Å²) in [6.07, 6.45) is 0.463. The highest BCUT2D eigenvalue weighted by molar-refractivity contribution is 7.91. The van der Waals surface area contributed by atoms with E-state index in [9.17, 15) is 48.1 Å². The van der Waals surface area contributed by atoms with Gasteiger partial charge in [0, 0.05) is 10.8 Å². The molecule has 2 aromatic rings. The van der Waals surface area contributed by atoms with Crippen LogP contribution in [0.5, 0.6) is 0 Å². The Bertz CT molecular complexity index is 905. The molecule has 28 heavy (non-hydrogen) atoms. The highest BCUT2D eigenvalue weighted by Crippen LogP contribution is 2.25. The molecule has 0 aliphatic heterocycles. The second-order valence-corrected chi connectivity index (χ2v) is 6.10. The minimum atomic E-state index is -2.50. The molecule has 150 valence electrons. The molecule has 12 heteroatoms. The fourth-order valence-electron chi connectivity index (χ4n) is 1.85. The molecule has 0 aromatic heterocycles. The van der Waals surface area contributed by atoms with E-state index in [1.165, 1.54) is 0 Å². The van der Waals surface area contributed by atoms with Crippen molar-refractivity contribution in [3.8, 4) is 0 Å². The quantitative estimate of drug-likeness (QED) is 0.355. The Kier molecular flexibility index (Phi) is 6.32. The van der Waals surface area contributed by atoms with E-state index < -0.39 is 80.1 Å². The maximum Gasteiger partial charge on any atom is 0.200 e. The van der Waals surface area contributed by atoms with Crippen LogP contribution >= 0.6 is 0 Å². The Balaban J connectivity index is 2.37. The van der Waals surface area contributed by atoms with Gasteiger partial charge in [0.25, 0.3) is 0 Å². The van der Waals surface area contributed by atoms with Gasteiger partial charge in [0.15, 0.2) is 46.5 Å². The van der Waals surface area contributed by atoms with Gasteiger partial charge in [-0.2, -0.15) is 0 Å². The Hall–Kier alpha value is -2.63. The number of rotatable bonds is 4. The molecule has 2 rings (SSSR count). The Morgan fingerprint density at radius 1 is 0.429 bits per heavy atom. The van der Waals surface area contributed by atoms with E-state index in [1.807, 2.05) is 0 Å². The summed E-state index contributed by atoms with van der Waals surface area (Å²) in [7, 11) is -2.50. The van der Waals surface area contributed by atoms with Crippen LogP contribution in [0.15, 0.2) is 10.8 Å². The van der Waals surface area contributed by atoms with Crippen molar-refractivity contribution >= 4 is 23.0 Å². The number of hydrogen-bond donors (Lipinski definition) is 0. The number of halogens is 10. The van der Waals surface area contributed by atoms with Crippen molar-refractivity contribution in [1.29, 1.82) is 0 Å². The van der Waals surface area contributed by atoms with Crippen LogP contribution in [0.2, 0.25) is 0 Å². The number of hydrogen-bond acceptors (Lipinski definition) is 1. The van der Waals surface area contributed by atoms with Gasteiger partial charge in [-0.3, -0.25) is 4.21 Å².